The van der Waals surface area contributed by atoms with Gasteiger partial charge in [0.1, 0.15) is 11.6 Å². The Bertz CT molecular complexity index is 590. The number of benzene rings is 1. The second-order valence-corrected chi connectivity index (χ2v) is 6.20. The largest absolute Gasteiger partial charge is 0.387 e. The smallest absolute Gasteiger partial charge is 0.129 e. The number of thiophene rings is 1. The molecule has 2 nitrogen and oxygen atoms in total. The van der Waals surface area contributed by atoms with Crippen LogP contribution in [0.4, 0.5) is 8.78 Å². The van der Waals surface area contributed by atoms with Crippen molar-refractivity contribution < 1.29 is 13.9 Å². The Morgan fingerprint density at radius 3 is 2.70 bits per heavy atom. The minimum Gasteiger partial charge on any atom is -0.387 e. The number of aliphatic hydroxyl groups excluding tert-OH is 1. The highest BCUT2D eigenvalue weighted by Crippen LogP contribution is 2.27. The first-order chi connectivity index (χ1) is 9.47. The second-order valence-electron chi connectivity index (χ2n) is 4.45. The predicted octanol–water partition coefficient (Wildman–Crippen LogP) is 4.06. The molecule has 0 aliphatic heterocycles. The van der Waals surface area contributed by atoms with Crippen LogP contribution in [-0.4, -0.2) is 11.7 Å². The van der Waals surface area contributed by atoms with Crippen LogP contribution in [0.25, 0.3) is 0 Å². The van der Waals surface area contributed by atoms with E-state index in [1.165, 1.54) is 11.3 Å². The van der Waals surface area contributed by atoms with E-state index in [0.29, 0.717) is 4.34 Å². The lowest BCUT2D eigenvalue weighted by Gasteiger charge is -2.17. The zero-order chi connectivity index (χ0) is 14.7. The molecule has 0 saturated heterocycles. The van der Waals surface area contributed by atoms with Crippen LogP contribution in [0, 0.1) is 11.6 Å². The van der Waals surface area contributed by atoms with Crippen molar-refractivity contribution in [2.75, 3.05) is 6.54 Å². The van der Waals surface area contributed by atoms with Crippen LogP contribution >= 0.6 is 22.9 Å². The maximum atomic E-state index is 13.5. The summed E-state index contributed by atoms with van der Waals surface area (Å²) in [6.45, 7) is 2.04. The quantitative estimate of drug-likeness (QED) is 0.871. The summed E-state index contributed by atoms with van der Waals surface area (Å²) in [6.07, 6.45) is -1.11. The fraction of sp³-hybridized carbons (Fsp3) is 0.286. The van der Waals surface area contributed by atoms with Crippen LogP contribution in [0.5, 0.6) is 0 Å². The Hall–Kier alpha value is -1.01. The van der Waals surface area contributed by atoms with Gasteiger partial charge in [-0.3, -0.25) is 0 Å². The van der Waals surface area contributed by atoms with Gasteiger partial charge in [0.2, 0.25) is 0 Å². The van der Waals surface area contributed by atoms with Crippen LogP contribution in [0.2, 0.25) is 4.34 Å². The first kappa shape index (κ1) is 15.4. The molecular weight excluding hydrogens is 304 g/mol. The Balaban J connectivity index is 1.98. The average molecular weight is 318 g/mol. The number of hydrogen-bond acceptors (Lipinski definition) is 3. The van der Waals surface area contributed by atoms with E-state index in [0.717, 1.165) is 23.1 Å². The van der Waals surface area contributed by atoms with E-state index in [2.05, 4.69) is 5.32 Å². The molecule has 0 bridgehead atoms. The minimum atomic E-state index is -1.11. The number of rotatable bonds is 5. The van der Waals surface area contributed by atoms with Crippen molar-refractivity contribution in [1.29, 1.82) is 0 Å². The molecule has 0 radical (unpaired) electrons. The summed E-state index contributed by atoms with van der Waals surface area (Å²) in [6, 6.07) is 6.70. The third-order valence-corrected chi connectivity index (χ3v) is 4.37. The van der Waals surface area contributed by atoms with Crippen molar-refractivity contribution in [1.82, 2.24) is 5.32 Å². The number of halogens is 3. The van der Waals surface area contributed by atoms with Crippen molar-refractivity contribution in [3.63, 3.8) is 0 Å². The molecule has 2 rings (SSSR count). The Kier molecular flexibility index (Phi) is 5.10. The van der Waals surface area contributed by atoms with E-state index in [4.69, 9.17) is 11.6 Å². The fourth-order valence-electron chi connectivity index (χ4n) is 1.83. The predicted molar refractivity (Wildman–Crippen MR) is 77.1 cm³/mol. The fourth-order valence-corrected chi connectivity index (χ4v) is 2.92. The highest BCUT2D eigenvalue weighted by Gasteiger charge is 2.16. The van der Waals surface area contributed by atoms with Crippen molar-refractivity contribution in [2.45, 2.75) is 19.1 Å². The summed E-state index contributed by atoms with van der Waals surface area (Å²) in [7, 11) is 0. The summed E-state index contributed by atoms with van der Waals surface area (Å²) < 4.78 is 27.2. The Labute approximate surface area is 125 Å². The number of aliphatic hydroxyl groups is 1. The van der Waals surface area contributed by atoms with Crippen molar-refractivity contribution in [2.24, 2.45) is 0 Å². The Morgan fingerprint density at radius 1 is 1.30 bits per heavy atom. The monoisotopic (exact) mass is 317 g/mol. The van der Waals surface area contributed by atoms with Crippen LogP contribution in [0.15, 0.2) is 30.3 Å². The van der Waals surface area contributed by atoms with E-state index >= 15 is 0 Å². The lowest BCUT2D eigenvalue weighted by Crippen LogP contribution is -2.24. The van der Waals surface area contributed by atoms with Gasteiger partial charge in [0.15, 0.2) is 0 Å². The number of hydrogen-bond donors (Lipinski definition) is 2. The van der Waals surface area contributed by atoms with Crippen LogP contribution in [0.3, 0.4) is 0 Å². The third kappa shape index (κ3) is 3.76. The standard InChI is InChI=1S/C14H14ClF2NOS/c1-8(13-4-5-14(15)20-13)18-7-12(19)10-6-9(16)2-3-11(10)17/h2-6,8,12,18-19H,7H2,1H3. The molecule has 1 heterocycles. The van der Waals surface area contributed by atoms with Crippen LogP contribution in [0.1, 0.15) is 29.5 Å². The molecule has 2 N–H and O–H groups in total. The molecule has 2 atom stereocenters. The van der Waals surface area contributed by atoms with Gasteiger partial charge in [0.05, 0.1) is 10.4 Å². The third-order valence-electron chi connectivity index (χ3n) is 2.96. The summed E-state index contributed by atoms with van der Waals surface area (Å²) in [5, 5.41) is 13.0. The maximum absolute atomic E-state index is 13.5. The minimum absolute atomic E-state index is 0.0289. The van der Waals surface area contributed by atoms with Gasteiger partial charge in [-0.05, 0) is 37.3 Å². The molecule has 2 unspecified atom stereocenters. The lowest BCUT2D eigenvalue weighted by atomic mass is 10.1. The van der Waals surface area contributed by atoms with E-state index < -0.39 is 17.7 Å². The highest BCUT2D eigenvalue weighted by molar-refractivity contribution is 7.16. The molecule has 1 aromatic carbocycles. The van der Waals surface area contributed by atoms with Gasteiger partial charge < -0.3 is 10.4 Å². The summed E-state index contributed by atoms with van der Waals surface area (Å²) in [5.41, 5.74) is -0.0473. The normalized spacial score (nSPS) is 14.2. The molecular formula is C14H14ClF2NOS. The molecule has 6 heteroatoms. The van der Waals surface area contributed by atoms with Crippen molar-refractivity contribution >= 4 is 22.9 Å². The molecule has 108 valence electrons. The molecule has 20 heavy (non-hydrogen) atoms. The summed E-state index contributed by atoms with van der Waals surface area (Å²) in [4.78, 5) is 1.02. The van der Waals surface area contributed by atoms with E-state index in [-0.39, 0.29) is 18.2 Å². The summed E-state index contributed by atoms with van der Waals surface area (Å²) in [5.74, 6) is -1.19. The lowest BCUT2D eigenvalue weighted by molar-refractivity contribution is 0.166. The topological polar surface area (TPSA) is 32.3 Å². The zero-order valence-corrected chi connectivity index (χ0v) is 12.3. The van der Waals surface area contributed by atoms with Crippen LogP contribution in [-0.2, 0) is 0 Å². The van der Waals surface area contributed by atoms with E-state index in [9.17, 15) is 13.9 Å². The molecule has 1 aromatic heterocycles. The molecule has 2 aromatic rings. The molecule has 0 saturated carbocycles. The van der Waals surface area contributed by atoms with Crippen molar-refractivity contribution in [3.8, 4) is 0 Å². The second kappa shape index (κ2) is 6.63. The first-order valence-corrected chi connectivity index (χ1v) is 7.28. The van der Waals surface area contributed by atoms with Gasteiger partial charge in [0, 0.05) is 23.0 Å². The zero-order valence-electron chi connectivity index (χ0n) is 10.7. The van der Waals surface area contributed by atoms with Gasteiger partial charge in [-0.25, -0.2) is 8.78 Å². The van der Waals surface area contributed by atoms with E-state index in [1.54, 1.807) is 6.07 Å². The van der Waals surface area contributed by atoms with Crippen molar-refractivity contribution in [3.05, 3.63) is 56.7 Å². The molecule has 0 amide bonds. The molecule has 0 spiro atoms. The van der Waals surface area contributed by atoms with Gasteiger partial charge in [-0.15, -0.1) is 11.3 Å². The van der Waals surface area contributed by atoms with Crippen LogP contribution < -0.4 is 5.32 Å². The van der Waals surface area contributed by atoms with E-state index in [1.807, 2.05) is 13.0 Å². The van der Waals surface area contributed by atoms with Gasteiger partial charge in [-0.1, -0.05) is 11.6 Å². The Morgan fingerprint density at radius 2 is 2.05 bits per heavy atom. The highest BCUT2D eigenvalue weighted by atomic mass is 35.5. The SMILES string of the molecule is CC(NCC(O)c1cc(F)ccc1F)c1ccc(Cl)s1. The van der Waals surface area contributed by atoms with Gasteiger partial charge in [-0.2, -0.15) is 0 Å². The first-order valence-electron chi connectivity index (χ1n) is 6.09. The van der Waals surface area contributed by atoms with Gasteiger partial charge in [0.25, 0.3) is 0 Å². The van der Waals surface area contributed by atoms with Gasteiger partial charge >= 0.3 is 0 Å². The number of nitrogens with one attached hydrogen (secondary N) is 1. The molecule has 0 fully saturated rings. The summed E-state index contributed by atoms with van der Waals surface area (Å²) >= 11 is 7.29. The molecule has 0 aliphatic rings. The molecule has 0 aliphatic carbocycles. The average Bonchev–Trinajstić information content (AvgIpc) is 2.85. The maximum Gasteiger partial charge on any atom is 0.129 e.